The van der Waals surface area contributed by atoms with Crippen LogP contribution < -0.4 is 4.48 Å². The van der Waals surface area contributed by atoms with Crippen LogP contribution in [0.25, 0.3) is 11.0 Å². The molecule has 236 valence electrons. The van der Waals surface area contributed by atoms with Crippen molar-refractivity contribution in [3.63, 3.8) is 0 Å². The van der Waals surface area contributed by atoms with Gasteiger partial charge >= 0.3 is 5.97 Å². The van der Waals surface area contributed by atoms with Crippen molar-refractivity contribution in [1.29, 1.82) is 0 Å². The van der Waals surface area contributed by atoms with Crippen LogP contribution in [-0.2, 0) is 27.9 Å². The molecule has 0 amide bonds. The van der Waals surface area contributed by atoms with Crippen LogP contribution in [0.3, 0.4) is 0 Å². The third kappa shape index (κ3) is 4.96. The van der Waals surface area contributed by atoms with Crippen LogP contribution in [0, 0.1) is 19.8 Å². The number of aryl methyl sites for hydroxylation is 2. The number of aliphatic carboxylic acids is 1. The SMILES string of the molecule is Cc1ccc([C@H](CC(=O)O)c2ccc3c(nnn3CC3CC3)c2C)cc1CN1C[C@@]2(C)CCC[N+]2(C)c2ncccc2S1(=O)=O. The Kier molecular flexibility index (Phi) is 7.14. The Labute approximate surface area is 264 Å². The van der Waals surface area contributed by atoms with E-state index in [-0.39, 0.29) is 23.4 Å². The maximum atomic E-state index is 14.3. The molecule has 0 radical (unpaired) electrons. The van der Waals surface area contributed by atoms with E-state index in [4.69, 9.17) is 0 Å². The number of hydrogen-bond donors (Lipinski definition) is 1. The molecule has 4 heterocycles. The minimum atomic E-state index is -3.85. The molecular weight excluding hydrogens is 588 g/mol. The molecule has 2 aliphatic heterocycles. The molecular formula is C34H41N6O4S+. The van der Waals surface area contributed by atoms with Crippen LogP contribution in [-0.4, -0.2) is 69.5 Å². The number of benzene rings is 2. The topological polar surface area (TPSA) is 118 Å². The summed E-state index contributed by atoms with van der Waals surface area (Å²) < 4.78 is 32.6. The number of sulfonamides is 1. The smallest absolute Gasteiger partial charge is 0.304 e. The van der Waals surface area contributed by atoms with Crippen LogP contribution in [0.5, 0.6) is 0 Å². The molecule has 2 aromatic carbocycles. The number of hydrogen-bond acceptors (Lipinski definition) is 6. The third-order valence-corrected chi connectivity index (χ3v) is 12.7. The van der Waals surface area contributed by atoms with Crippen molar-refractivity contribution in [2.75, 3.05) is 20.1 Å². The number of carbonyl (C=O) groups is 1. The summed E-state index contributed by atoms with van der Waals surface area (Å²) >= 11 is 0. The van der Waals surface area contributed by atoms with Crippen molar-refractivity contribution in [3.8, 4) is 0 Å². The fourth-order valence-electron chi connectivity index (χ4n) is 7.68. The van der Waals surface area contributed by atoms with Gasteiger partial charge in [0.25, 0.3) is 10.0 Å². The van der Waals surface area contributed by atoms with E-state index in [9.17, 15) is 18.3 Å². The van der Waals surface area contributed by atoms with E-state index in [1.807, 2.05) is 48.9 Å². The monoisotopic (exact) mass is 629 g/mol. The van der Waals surface area contributed by atoms with Crippen LogP contribution in [0.4, 0.5) is 5.82 Å². The zero-order valence-electron chi connectivity index (χ0n) is 26.4. The molecule has 1 aliphatic carbocycles. The van der Waals surface area contributed by atoms with E-state index in [2.05, 4.69) is 29.3 Å². The predicted octanol–water partition coefficient (Wildman–Crippen LogP) is 5.15. The first-order chi connectivity index (χ1) is 21.4. The molecule has 0 bridgehead atoms. The van der Waals surface area contributed by atoms with E-state index in [1.54, 1.807) is 22.6 Å². The zero-order valence-corrected chi connectivity index (χ0v) is 27.2. The summed E-state index contributed by atoms with van der Waals surface area (Å²) in [5.74, 6) is -0.0588. The van der Waals surface area contributed by atoms with Gasteiger partial charge in [-0.2, -0.15) is 4.31 Å². The minimum Gasteiger partial charge on any atom is -0.481 e. The largest absolute Gasteiger partial charge is 0.481 e. The summed E-state index contributed by atoms with van der Waals surface area (Å²) in [4.78, 5) is 17.1. The van der Waals surface area contributed by atoms with Crippen molar-refractivity contribution in [3.05, 3.63) is 76.5 Å². The molecule has 3 atom stereocenters. The van der Waals surface area contributed by atoms with E-state index in [0.29, 0.717) is 22.8 Å². The van der Waals surface area contributed by atoms with Crippen LogP contribution in [0.2, 0.25) is 0 Å². The highest BCUT2D eigenvalue weighted by Crippen LogP contribution is 2.46. The van der Waals surface area contributed by atoms with Crippen molar-refractivity contribution in [1.82, 2.24) is 28.8 Å². The van der Waals surface area contributed by atoms with Crippen molar-refractivity contribution < 1.29 is 18.3 Å². The zero-order chi connectivity index (χ0) is 31.7. The highest BCUT2D eigenvalue weighted by atomic mass is 32.2. The van der Waals surface area contributed by atoms with E-state index < -0.39 is 21.9 Å². The number of rotatable bonds is 8. The number of aromatic nitrogens is 4. The summed E-state index contributed by atoms with van der Waals surface area (Å²) in [5, 5.41) is 18.9. The Balaban J connectivity index is 1.28. The fourth-order valence-corrected chi connectivity index (χ4v) is 9.45. The molecule has 3 aliphatic rings. The molecule has 45 heavy (non-hydrogen) atoms. The van der Waals surface area contributed by atoms with E-state index in [1.165, 1.54) is 12.8 Å². The van der Waals surface area contributed by atoms with Gasteiger partial charge in [-0.3, -0.25) is 9.28 Å². The lowest BCUT2D eigenvalue weighted by Crippen LogP contribution is -2.61. The molecule has 2 fully saturated rings. The normalized spacial score (nSPS) is 25.1. The summed E-state index contributed by atoms with van der Waals surface area (Å²) in [6.07, 6.45) is 5.93. The molecule has 1 unspecified atom stereocenters. The molecule has 1 N–H and O–H groups in total. The van der Waals surface area contributed by atoms with Crippen molar-refractivity contribution in [2.45, 2.75) is 82.3 Å². The average Bonchev–Trinajstić information content (AvgIpc) is 3.66. The maximum absolute atomic E-state index is 14.3. The third-order valence-electron chi connectivity index (χ3n) is 10.9. The molecule has 2 aromatic heterocycles. The van der Waals surface area contributed by atoms with E-state index >= 15 is 0 Å². The Morgan fingerprint density at radius 2 is 1.98 bits per heavy atom. The molecule has 11 heteroatoms. The highest BCUT2D eigenvalue weighted by molar-refractivity contribution is 7.89. The van der Waals surface area contributed by atoms with Gasteiger partial charge in [-0.1, -0.05) is 29.5 Å². The lowest BCUT2D eigenvalue weighted by atomic mass is 9.84. The van der Waals surface area contributed by atoms with Gasteiger partial charge in [-0.25, -0.2) is 18.1 Å². The van der Waals surface area contributed by atoms with Gasteiger partial charge in [-0.05, 0) is 85.5 Å². The van der Waals surface area contributed by atoms with Gasteiger partial charge in [0.2, 0.25) is 5.82 Å². The number of carboxylic acid groups (broad SMARTS) is 1. The number of likely N-dealkylation sites (N-methyl/N-ethyl adjacent to an activating group) is 1. The second kappa shape index (κ2) is 10.7. The number of pyridine rings is 1. The Morgan fingerprint density at radius 3 is 2.73 bits per heavy atom. The first kappa shape index (κ1) is 30.0. The number of carboxylic acids is 1. The van der Waals surface area contributed by atoms with Crippen molar-refractivity contribution in [2.24, 2.45) is 5.92 Å². The minimum absolute atomic E-state index is 0.0972. The summed E-state index contributed by atoms with van der Waals surface area (Å²) in [7, 11) is -1.73. The first-order valence-electron chi connectivity index (χ1n) is 15.9. The second-order valence-corrected chi connectivity index (χ2v) is 15.7. The standard InChI is InChI=1S/C34H40N6O4S/c1-22-8-11-25(28(18-31(41)42)27-12-13-29-32(23(27)2)36-37-39(29)19-24-9-10-24)17-26(22)20-38-21-34(3)14-6-16-40(34,4)33-30(45(38,43)44)7-5-15-35-33/h5,7-8,11-13,15,17,24,28H,6,9-10,14,16,18-21H2,1-4H3/p+1/t28-,34+,40?/m0/s1. The average molecular weight is 630 g/mol. The van der Waals surface area contributed by atoms with Gasteiger partial charge in [0, 0.05) is 38.0 Å². The van der Waals surface area contributed by atoms with Crippen LogP contribution >= 0.6 is 0 Å². The molecule has 7 rings (SSSR count). The number of quaternary nitrogens is 1. The second-order valence-electron chi connectivity index (χ2n) is 13.8. The predicted molar refractivity (Wildman–Crippen MR) is 172 cm³/mol. The molecule has 1 saturated heterocycles. The van der Waals surface area contributed by atoms with Gasteiger partial charge in [0.15, 0.2) is 4.90 Å². The summed E-state index contributed by atoms with van der Waals surface area (Å²) in [5.41, 5.74) is 5.92. The van der Waals surface area contributed by atoms with Gasteiger partial charge in [0.1, 0.15) is 11.1 Å². The summed E-state index contributed by atoms with van der Waals surface area (Å²) in [6.45, 7) is 8.41. The summed E-state index contributed by atoms with van der Waals surface area (Å²) in [6, 6.07) is 13.4. The molecule has 4 aromatic rings. The van der Waals surface area contributed by atoms with Gasteiger partial charge in [0.05, 0.1) is 32.1 Å². The fraction of sp³-hybridized carbons (Fsp3) is 0.471. The lowest BCUT2D eigenvalue weighted by molar-refractivity contribution is -0.137. The number of fused-ring (bicyclic) bond motifs is 4. The quantitative estimate of drug-likeness (QED) is 0.268. The number of nitrogens with zero attached hydrogens (tertiary/aromatic N) is 6. The van der Waals surface area contributed by atoms with E-state index in [0.717, 1.165) is 64.8 Å². The molecule has 1 saturated carbocycles. The van der Waals surface area contributed by atoms with Crippen LogP contribution in [0.1, 0.15) is 72.8 Å². The lowest BCUT2D eigenvalue weighted by Gasteiger charge is -2.42. The van der Waals surface area contributed by atoms with Crippen molar-refractivity contribution >= 4 is 32.8 Å². The Bertz CT molecular complexity index is 1940. The van der Waals surface area contributed by atoms with Crippen LogP contribution in [0.15, 0.2) is 53.6 Å². The maximum Gasteiger partial charge on any atom is 0.304 e. The Morgan fingerprint density at radius 1 is 1.18 bits per heavy atom. The van der Waals surface area contributed by atoms with Gasteiger partial charge in [-0.15, -0.1) is 5.10 Å². The molecule has 0 spiro atoms. The Hall–Kier alpha value is -3.67. The van der Waals surface area contributed by atoms with Gasteiger partial charge < -0.3 is 5.11 Å². The first-order valence-corrected chi connectivity index (χ1v) is 17.3. The highest BCUT2D eigenvalue weighted by Gasteiger charge is 2.57. The molecule has 10 nitrogen and oxygen atoms in total.